The predicted molar refractivity (Wildman–Crippen MR) is 324 cm³/mol. The summed E-state index contributed by atoms with van der Waals surface area (Å²) < 4.78 is 81.7. The third-order valence-corrected chi connectivity index (χ3v) is 21.5. The smallest absolute Gasteiger partial charge is 0.407 e. The number of aldehydes is 1. The minimum Gasteiger partial charge on any atom is -0.511 e. The topological polar surface area (TPSA) is 328 Å². The number of nitroso groups, excluding NO2 is 1. The molecule has 10 aliphatic rings. The van der Waals surface area contributed by atoms with Crippen LogP contribution in [0.25, 0.3) is 0 Å². The molecule has 2 bridgehead atoms. The van der Waals surface area contributed by atoms with Crippen molar-refractivity contribution in [1.29, 1.82) is 0 Å². The van der Waals surface area contributed by atoms with Crippen LogP contribution in [-0.4, -0.2) is 192 Å². The molecule has 1 saturated carbocycles. The van der Waals surface area contributed by atoms with Gasteiger partial charge < -0.3 is 87.3 Å². The number of ketones is 1. The van der Waals surface area contributed by atoms with Crippen molar-refractivity contribution in [3.63, 3.8) is 0 Å². The number of amides is 1. The van der Waals surface area contributed by atoms with Gasteiger partial charge in [-0.3, -0.25) is 14.4 Å². The number of hydrogen-bond donors (Lipinski definition) is 5. The molecule has 10 rings (SSSR count). The average molecular weight is 1300 g/mol. The van der Waals surface area contributed by atoms with Crippen molar-refractivity contribution in [3.8, 4) is 0 Å². The summed E-state index contributed by atoms with van der Waals surface area (Å²) in [6, 6.07) is -0.881. The quantitative estimate of drug-likeness (QED) is 0.0296. The summed E-state index contributed by atoms with van der Waals surface area (Å²) in [4.78, 5) is 80.6. The Morgan fingerprint density at radius 3 is 2.01 bits per heavy atom. The molecule has 0 radical (unpaired) electrons. The summed E-state index contributed by atoms with van der Waals surface area (Å²) in [5.41, 5.74) is -4.30. The van der Waals surface area contributed by atoms with Crippen molar-refractivity contribution in [2.45, 2.75) is 281 Å². The number of ether oxygens (including phenoxy) is 13. The van der Waals surface area contributed by atoms with Gasteiger partial charge >= 0.3 is 18.0 Å². The molecule has 6 heterocycles. The molecule has 512 valence electrons. The molecule has 0 aromatic rings. The van der Waals surface area contributed by atoms with E-state index in [0.717, 1.165) is 5.57 Å². The Balaban J connectivity index is 0.900. The van der Waals surface area contributed by atoms with Crippen molar-refractivity contribution < 1.29 is 106 Å². The highest BCUT2D eigenvalue weighted by Crippen LogP contribution is 2.61. The second-order valence-electron chi connectivity index (χ2n) is 28.0. The average Bonchev–Trinajstić information content (AvgIpc) is 1.35. The van der Waals surface area contributed by atoms with Gasteiger partial charge in [-0.25, -0.2) is 9.59 Å². The standard InChI is InChI=1S/C67H96N2O23/c1-30-14-18-47(87-54-28-65(11,69-79)60(38(9)85-54)68-64(78)80-13)31(2)23-43-45(73)24-40(29-70)27-67(43)62(76)55(63(77)92-67)61(75)66(12)42(30)16-15-41-56(66)32(3)22-33(4)57(41)91-53-26-49(59(37(8)84-53)86-39(10)71)89-50-21-19-48(35(6)82-50)88-52-25-46(74)58(36(7)83-52)90-51-20-17-44(72)34(5)81-51/h14-16,23-24,29,32-38,41-54,56-60,72-75H,17-22,25-28H2,1-13H3,(H,68,78)/b30-14+,31-23+,61-55-. The van der Waals surface area contributed by atoms with Crippen LogP contribution in [0.3, 0.4) is 0 Å². The van der Waals surface area contributed by atoms with E-state index in [2.05, 4.69) is 30.4 Å². The number of esters is 2. The van der Waals surface area contributed by atoms with Crippen LogP contribution in [0.2, 0.25) is 0 Å². The third kappa shape index (κ3) is 13.8. The Bertz CT molecular complexity index is 2900. The van der Waals surface area contributed by atoms with Gasteiger partial charge in [-0.05, 0) is 116 Å². The van der Waals surface area contributed by atoms with Gasteiger partial charge in [0.05, 0.1) is 86.2 Å². The molecule has 25 heteroatoms. The Kier molecular flexibility index (Phi) is 21.3. The number of methoxy groups -OCH3 is 1. The number of allylic oxidation sites excluding steroid dienone is 3. The minimum absolute atomic E-state index is 0.0227. The number of Topliss-reactive ketones (excluding diaryl/α,β-unsaturated/α-hetero) is 1. The number of rotatable bonds is 14. The summed E-state index contributed by atoms with van der Waals surface area (Å²) in [6.45, 7) is 21.5. The Morgan fingerprint density at radius 1 is 0.707 bits per heavy atom. The number of aliphatic hydroxyl groups excluding tert-OH is 4. The monoisotopic (exact) mass is 1300 g/mol. The van der Waals surface area contributed by atoms with E-state index in [4.69, 9.17) is 61.6 Å². The molecule has 25 nitrogen and oxygen atoms in total. The number of nitrogens with one attached hydrogen (secondary N) is 1. The summed E-state index contributed by atoms with van der Waals surface area (Å²) in [7, 11) is 1.20. The maximum atomic E-state index is 15.6. The van der Waals surface area contributed by atoms with E-state index in [-0.39, 0.29) is 43.1 Å². The van der Waals surface area contributed by atoms with E-state index in [1.54, 1.807) is 40.7 Å². The maximum absolute atomic E-state index is 15.6. The maximum Gasteiger partial charge on any atom is 0.407 e. The first-order chi connectivity index (χ1) is 43.5. The normalized spacial score (nSPS) is 48.5. The molecule has 1 amide bonds. The van der Waals surface area contributed by atoms with Gasteiger partial charge in [0, 0.05) is 62.7 Å². The lowest BCUT2D eigenvalue weighted by Crippen LogP contribution is -2.61. The lowest BCUT2D eigenvalue weighted by Gasteiger charge is -2.56. The largest absolute Gasteiger partial charge is 0.511 e. The van der Waals surface area contributed by atoms with Crippen LogP contribution in [-0.2, 0) is 80.8 Å². The predicted octanol–water partition coefficient (Wildman–Crippen LogP) is 6.85. The van der Waals surface area contributed by atoms with E-state index in [0.29, 0.717) is 44.0 Å². The number of aliphatic hydroxyl groups is 4. The Morgan fingerprint density at radius 2 is 1.35 bits per heavy atom. The molecule has 5 N–H and O–H groups in total. The second-order valence-corrected chi connectivity index (χ2v) is 28.0. The van der Waals surface area contributed by atoms with Crippen molar-refractivity contribution in [2.24, 2.45) is 46.1 Å². The third-order valence-electron chi connectivity index (χ3n) is 21.5. The van der Waals surface area contributed by atoms with Crippen LogP contribution >= 0.6 is 0 Å². The Hall–Kier alpha value is -4.87. The van der Waals surface area contributed by atoms with E-state index in [9.17, 15) is 44.5 Å². The molecule has 0 aromatic carbocycles. The first-order valence-electron chi connectivity index (χ1n) is 32.9. The van der Waals surface area contributed by atoms with E-state index in [1.165, 1.54) is 20.1 Å². The van der Waals surface area contributed by atoms with Crippen LogP contribution in [0, 0.1) is 45.8 Å². The number of alkyl carbamates (subject to hydrolysis) is 1. The van der Waals surface area contributed by atoms with Crippen molar-refractivity contribution in [2.75, 3.05) is 7.11 Å². The number of carbonyl (C=O) groups excluding carboxylic acids is 5. The van der Waals surface area contributed by atoms with E-state index >= 15 is 4.79 Å². The van der Waals surface area contributed by atoms with E-state index < -0.39 is 205 Å². The highest BCUT2D eigenvalue weighted by atomic mass is 16.8. The van der Waals surface area contributed by atoms with Crippen molar-refractivity contribution >= 4 is 30.1 Å². The summed E-state index contributed by atoms with van der Waals surface area (Å²) in [6.07, 6.45) is -2.93. The van der Waals surface area contributed by atoms with Crippen LogP contribution in [0.4, 0.5) is 4.79 Å². The number of fused-ring (bicyclic) bond motifs is 4. The molecule has 6 aliphatic heterocycles. The molecule has 0 aromatic heterocycles. The fourth-order valence-corrected chi connectivity index (χ4v) is 16.8. The summed E-state index contributed by atoms with van der Waals surface area (Å²) in [5, 5.41) is 52.7. The zero-order valence-corrected chi connectivity index (χ0v) is 55.0. The fraction of sp³-hybridized carbons (Fsp3) is 0.776. The van der Waals surface area contributed by atoms with Gasteiger partial charge in [-0.2, -0.15) is 4.91 Å². The number of carbonyl (C=O) groups is 5. The van der Waals surface area contributed by atoms with E-state index in [1.807, 2.05) is 39.8 Å². The van der Waals surface area contributed by atoms with Crippen molar-refractivity contribution in [1.82, 2.24) is 5.32 Å². The SMILES string of the molecule is COC(=O)NC1C(C)OC(OC2C/C=C(\C)C3C=CC4C(OC5CC(OC6CCC(OC7CC(O)C(OC8CCC(O)C(C)O8)C(C)O7)C(C)O6)C(OC(C)=O)C(C)O5)C(C)CC(C)C4C3(C)/C(O)=C3/C(=O)OC4(CC(C=O)=CC(O)C4/C=C/2C)C3=O)CC1(C)N=O. The van der Waals surface area contributed by atoms with Gasteiger partial charge in [0.1, 0.15) is 35.4 Å². The van der Waals surface area contributed by atoms with Crippen molar-refractivity contribution in [3.05, 3.63) is 63.3 Å². The molecular formula is C67H96N2O23. The van der Waals surface area contributed by atoms with Crippen LogP contribution in [0.5, 0.6) is 0 Å². The van der Waals surface area contributed by atoms with Gasteiger partial charge in [0.2, 0.25) is 5.78 Å². The van der Waals surface area contributed by atoms with Crippen LogP contribution in [0.1, 0.15) is 147 Å². The highest BCUT2D eigenvalue weighted by Gasteiger charge is 2.65. The fourth-order valence-electron chi connectivity index (χ4n) is 16.8. The molecule has 7 fully saturated rings. The summed E-state index contributed by atoms with van der Waals surface area (Å²) >= 11 is 0. The molecular weight excluding hydrogens is 1200 g/mol. The molecule has 4 aliphatic carbocycles. The first-order valence-corrected chi connectivity index (χ1v) is 32.9. The highest BCUT2D eigenvalue weighted by molar-refractivity contribution is 6.26. The van der Waals surface area contributed by atoms with Crippen LogP contribution in [0.15, 0.2) is 63.6 Å². The zero-order valence-electron chi connectivity index (χ0n) is 55.0. The lowest BCUT2D eigenvalue weighted by atomic mass is 9.49. The van der Waals surface area contributed by atoms with Gasteiger partial charge in [-0.15, -0.1) is 0 Å². The second kappa shape index (κ2) is 28.1. The number of nitrogens with zero attached hydrogens (tertiary/aromatic N) is 1. The van der Waals surface area contributed by atoms with Gasteiger partial charge in [0.15, 0.2) is 43.2 Å². The summed E-state index contributed by atoms with van der Waals surface area (Å²) in [5.74, 6) is -6.20. The minimum atomic E-state index is -2.16. The van der Waals surface area contributed by atoms with Gasteiger partial charge in [-0.1, -0.05) is 55.8 Å². The molecule has 92 heavy (non-hydrogen) atoms. The molecule has 29 unspecified atom stereocenters. The number of hydrogen-bond acceptors (Lipinski definition) is 24. The zero-order chi connectivity index (χ0) is 66.6. The lowest BCUT2D eigenvalue weighted by molar-refractivity contribution is -0.331. The van der Waals surface area contributed by atoms with Gasteiger partial charge in [0.25, 0.3) is 0 Å². The first kappa shape index (κ1) is 69.9. The molecule has 29 atom stereocenters. The Labute approximate surface area is 537 Å². The van der Waals surface area contributed by atoms with Crippen LogP contribution < -0.4 is 5.32 Å². The molecule has 6 saturated heterocycles. The molecule has 1 spiro atoms.